The number of carbonyl (C=O) groups is 1. The van der Waals surface area contributed by atoms with Crippen LogP contribution < -0.4 is 10.9 Å². The van der Waals surface area contributed by atoms with Crippen molar-refractivity contribution in [2.24, 2.45) is 5.92 Å². The monoisotopic (exact) mass is 256 g/mol. The highest BCUT2D eigenvalue weighted by Gasteiger charge is 2.16. The lowest BCUT2D eigenvalue weighted by Gasteiger charge is -2.21. The highest BCUT2D eigenvalue weighted by Crippen LogP contribution is 2.08. The number of halogens is 1. The van der Waals surface area contributed by atoms with Gasteiger partial charge in [0.2, 0.25) is 5.56 Å². The van der Waals surface area contributed by atoms with E-state index in [1.165, 1.54) is 18.3 Å². The van der Waals surface area contributed by atoms with Crippen molar-refractivity contribution in [1.29, 1.82) is 0 Å². The fourth-order valence-electron chi connectivity index (χ4n) is 1.49. The minimum absolute atomic E-state index is 0.0481. The average molecular weight is 257 g/mol. The highest BCUT2D eigenvalue weighted by atomic mass is 35.5. The van der Waals surface area contributed by atoms with Crippen molar-refractivity contribution in [1.82, 2.24) is 10.3 Å². The molecule has 0 bridgehead atoms. The van der Waals surface area contributed by atoms with Crippen LogP contribution in [0.15, 0.2) is 23.1 Å². The van der Waals surface area contributed by atoms with E-state index >= 15 is 0 Å². The minimum Gasteiger partial charge on any atom is -0.349 e. The summed E-state index contributed by atoms with van der Waals surface area (Å²) in [5.41, 5.74) is 0.229. The zero-order valence-corrected chi connectivity index (χ0v) is 10.8. The van der Waals surface area contributed by atoms with Gasteiger partial charge in [0, 0.05) is 24.2 Å². The second-order valence-corrected chi connectivity index (χ2v) is 4.62. The fourth-order valence-corrected chi connectivity index (χ4v) is 1.73. The van der Waals surface area contributed by atoms with Gasteiger partial charge in [-0.15, -0.1) is 11.6 Å². The highest BCUT2D eigenvalue weighted by molar-refractivity contribution is 6.17. The van der Waals surface area contributed by atoms with E-state index in [1.54, 1.807) is 0 Å². The van der Waals surface area contributed by atoms with Crippen molar-refractivity contribution in [3.05, 3.63) is 34.2 Å². The second-order valence-electron chi connectivity index (χ2n) is 4.24. The normalized spacial score (nSPS) is 12.5. The number of aromatic nitrogens is 1. The Hall–Kier alpha value is -1.29. The van der Waals surface area contributed by atoms with E-state index in [2.05, 4.69) is 10.3 Å². The molecule has 0 fully saturated rings. The molecule has 0 spiro atoms. The molecule has 0 aliphatic rings. The number of rotatable bonds is 5. The third-order valence-electron chi connectivity index (χ3n) is 2.59. The molecule has 0 aromatic carbocycles. The summed E-state index contributed by atoms with van der Waals surface area (Å²) >= 11 is 5.69. The standard InChI is InChI=1S/C12H17ClN2O2/c1-8(2)10(5-6-13)15-12(17)9-3-4-11(16)14-7-9/h3-4,7-8,10H,5-6H2,1-2H3,(H,14,16)(H,15,17). The summed E-state index contributed by atoms with van der Waals surface area (Å²) in [6.45, 7) is 4.06. The van der Waals surface area contributed by atoms with Crippen molar-refractivity contribution >= 4 is 17.5 Å². The molecule has 1 amide bonds. The Morgan fingerprint density at radius 2 is 2.18 bits per heavy atom. The molecule has 1 aromatic heterocycles. The van der Waals surface area contributed by atoms with E-state index in [-0.39, 0.29) is 17.5 Å². The van der Waals surface area contributed by atoms with E-state index < -0.39 is 0 Å². The van der Waals surface area contributed by atoms with E-state index in [4.69, 9.17) is 11.6 Å². The first-order valence-electron chi connectivity index (χ1n) is 5.60. The Balaban J connectivity index is 2.70. The molecule has 0 radical (unpaired) electrons. The lowest BCUT2D eigenvalue weighted by Crippen LogP contribution is -2.39. The van der Waals surface area contributed by atoms with Gasteiger partial charge in [0.05, 0.1) is 5.56 Å². The number of H-pyrrole nitrogens is 1. The molecule has 4 nitrogen and oxygen atoms in total. The largest absolute Gasteiger partial charge is 0.349 e. The van der Waals surface area contributed by atoms with Gasteiger partial charge in [0.1, 0.15) is 0 Å². The lowest BCUT2D eigenvalue weighted by atomic mass is 10.0. The quantitative estimate of drug-likeness (QED) is 0.789. The lowest BCUT2D eigenvalue weighted by molar-refractivity contribution is 0.0924. The number of nitrogens with one attached hydrogen (secondary N) is 2. The van der Waals surface area contributed by atoms with Crippen LogP contribution in [-0.4, -0.2) is 22.8 Å². The summed E-state index contributed by atoms with van der Waals surface area (Å²) in [4.78, 5) is 25.2. The molecular weight excluding hydrogens is 240 g/mol. The minimum atomic E-state index is -0.220. The first kappa shape index (κ1) is 13.8. The van der Waals surface area contributed by atoms with Gasteiger partial charge < -0.3 is 10.3 Å². The summed E-state index contributed by atoms with van der Waals surface area (Å²) in [6, 6.07) is 2.89. The van der Waals surface area contributed by atoms with E-state index in [0.717, 1.165) is 6.42 Å². The van der Waals surface area contributed by atoms with Crippen LogP contribution in [0.2, 0.25) is 0 Å². The Morgan fingerprint density at radius 3 is 2.65 bits per heavy atom. The maximum absolute atomic E-state index is 11.9. The van der Waals surface area contributed by atoms with Gasteiger partial charge in [0.25, 0.3) is 5.91 Å². The molecule has 1 unspecified atom stereocenters. The predicted octanol–water partition coefficient (Wildman–Crippen LogP) is 1.76. The fraction of sp³-hybridized carbons (Fsp3) is 0.500. The molecule has 5 heteroatoms. The Labute approximate surface area is 105 Å². The number of amides is 1. The molecule has 2 N–H and O–H groups in total. The Kier molecular flexibility index (Phi) is 5.22. The van der Waals surface area contributed by atoms with Gasteiger partial charge in [-0.25, -0.2) is 0 Å². The summed E-state index contributed by atoms with van der Waals surface area (Å²) in [6.07, 6.45) is 2.14. The maximum atomic E-state index is 11.9. The van der Waals surface area contributed by atoms with Crippen LogP contribution in [-0.2, 0) is 0 Å². The third kappa shape index (κ3) is 4.23. The number of hydrogen-bond acceptors (Lipinski definition) is 2. The Morgan fingerprint density at radius 1 is 1.47 bits per heavy atom. The number of aromatic amines is 1. The van der Waals surface area contributed by atoms with Gasteiger partial charge in [-0.1, -0.05) is 13.8 Å². The summed E-state index contributed by atoms with van der Waals surface area (Å²) in [5, 5.41) is 2.91. The van der Waals surface area contributed by atoms with Crippen LogP contribution in [0.25, 0.3) is 0 Å². The van der Waals surface area contributed by atoms with Crippen molar-refractivity contribution in [2.75, 3.05) is 5.88 Å². The van der Waals surface area contributed by atoms with Crippen molar-refractivity contribution < 1.29 is 4.79 Å². The summed E-state index contributed by atoms with van der Waals surface area (Å²) < 4.78 is 0. The van der Waals surface area contributed by atoms with Crippen molar-refractivity contribution in [2.45, 2.75) is 26.3 Å². The molecule has 94 valence electrons. The number of alkyl halides is 1. The van der Waals surface area contributed by atoms with E-state index in [9.17, 15) is 9.59 Å². The van der Waals surface area contributed by atoms with Gasteiger partial charge in [-0.3, -0.25) is 9.59 Å². The molecule has 0 saturated carbocycles. The van der Waals surface area contributed by atoms with Crippen LogP contribution in [0.4, 0.5) is 0 Å². The zero-order chi connectivity index (χ0) is 12.8. The first-order valence-corrected chi connectivity index (χ1v) is 6.13. The molecule has 1 rings (SSSR count). The molecule has 0 aliphatic carbocycles. The summed E-state index contributed by atoms with van der Waals surface area (Å²) in [5.74, 6) is 0.639. The first-order chi connectivity index (χ1) is 8.04. The van der Waals surface area contributed by atoms with Crippen LogP contribution in [0.5, 0.6) is 0 Å². The molecule has 1 atom stereocenters. The predicted molar refractivity (Wildman–Crippen MR) is 68.5 cm³/mol. The molecule has 17 heavy (non-hydrogen) atoms. The number of pyridine rings is 1. The van der Waals surface area contributed by atoms with Crippen LogP contribution in [0, 0.1) is 5.92 Å². The molecular formula is C12H17ClN2O2. The topological polar surface area (TPSA) is 62.0 Å². The zero-order valence-electron chi connectivity index (χ0n) is 10.00. The second kappa shape index (κ2) is 6.45. The van der Waals surface area contributed by atoms with Gasteiger partial charge in [-0.05, 0) is 18.4 Å². The third-order valence-corrected chi connectivity index (χ3v) is 2.81. The van der Waals surface area contributed by atoms with Gasteiger partial charge >= 0.3 is 0 Å². The summed E-state index contributed by atoms with van der Waals surface area (Å²) in [7, 11) is 0. The van der Waals surface area contributed by atoms with Crippen LogP contribution in [0.3, 0.4) is 0 Å². The van der Waals surface area contributed by atoms with Crippen LogP contribution >= 0.6 is 11.6 Å². The SMILES string of the molecule is CC(C)C(CCCl)NC(=O)c1ccc(=O)[nH]c1. The average Bonchev–Trinajstić information content (AvgIpc) is 2.29. The van der Waals surface area contributed by atoms with E-state index in [1.807, 2.05) is 13.8 Å². The molecule has 0 saturated heterocycles. The Bertz CT molecular complexity index is 408. The molecule has 1 heterocycles. The van der Waals surface area contributed by atoms with Gasteiger partial charge in [-0.2, -0.15) is 0 Å². The van der Waals surface area contributed by atoms with Crippen LogP contribution in [0.1, 0.15) is 30.6 Å². The van der Waals surface area contributed by atoms with E-state index in [0.29, 0.717) is 17.4 Å². The van der Waals surface area contributed by atoms with Gasteiger partial charge in [0.15, 0.2) is 0 Å². The number of hydrogen-bond donors (Lipinski definition) is 2. The van der Waals surface area contributed by atoms with Crippen molar-refractivity contribution in [3.8, 4) is 0 Å². The molecule has 0 aliphatic heterocycles. The number of carbonyl (C=O) groups excluding carboxylic acids is 1. The smallest absolute Gasteiger partial charge is 0.252 e. The maximum Gasteiger partial charge on any atom is 0.252 e. The van der Waals surface area contributed by atoms with Crippen molar-refractivity contribution in [3.63, 3.8) is 0 Å². The molecule has 1 aromatic rings.